The van der Waals surface area contributed by atoms with E-state index in [0.29, 0.717) is 5.75 Å². The number of benzene rings is 1. The average Bonchev–Trinajstić information content (AvgIpc) is 2.37. The molecular formula is C15H22O3. The average molecular weight is 250 g/mol. The van der Waals surface area contributed by atoms with Gasteiger partial charge in [-0.1, -0.05) is 13.3 Å². The van der Waals surface area contributed by atoms with Crippen molar-refractivity contribution in [1.82, 2.24) is 0 Å². The Balaban J connectivity index is 2.36. The van der Waals surface area contributed by atoms with Crippen LogP contribution in [0.5, 0.6) is 11.5 Å². The number of aromatic hydroxyl groups is 1. The SMILES string of the molecule is CCc1cc(O)c(C2CCCC(O)C2)c(OC)c1. The Kier molecular flexibility index (Phi) is 4.12. The first-order valence-corrected chi connectivity index (χ1v) is 6.73. The van der Waals surface area contributed by atoms with Crippen LogP contribution in [0.4, 0.5) is 0 Å². The van der Waals surface area contributed by atoms with Gasteiger partial charge in [0.15, 0.2) is 0 Å². The van der Waals surface area contributed by atoms with Gasteiger partial charge in [-0.15, -0.1) is 0 Å². The summed E-state index contributed by atoms with van der Waals surface area (Å²) in [5.74, 6) is 1.27. The summed E-state index contributed by atoms with van der Waals surface area (Å²) in [7, 11) is 1.64. The van der Waals surface area contributed by atoms with Crippen molar-refractivity contribution in [3.8, 4) is 11.5 Å². The minimum Gasteiger partial charge on any atom is -0.508 e. The molecule has 1 aliphatic rings. The van der Waals surface area contributed by atoms with Gasteiger partial charge < -0.3 is 14.9 Å². The van der Waals surface area contributed by atoms with Gasteiger partial charge in [0.25, 0.3) is 0 Å². The van der Waals surface area contributed by atoms with Crippen LogP contribution in [-0.4, -0.2) is 23.4 Å². The first-order valence-electron chi connectivity index (χ1n) is 6.73. The van der Waals surface area contributed by atoms with E-state index in [0.717, 1.165) is 49.0 Å². The van der Waals surface area contributed by atoms with Gasteiger partial charge in [-0.2, -0.15) is 0 Å². The standard InChI is InChI=1S/C15H22O3/c1-3-10-7-13(17)15(14(8-10)18-2)11-5-4-6-12(16)9-11/h7-8,11-12,16-17H,3-6,9H2,1-2H3. The second-order valence-corrected chi connectivity index (χ2v) is 5.10. The predicted molar refractivity (Wildman–Crippen MR) is 71.3 cm³/mol. The highest BCUT2D eigenvalue weighted by molar-refractivity contribution is 5.49. The van der Waals surface area contributed by atoms with E-state index in [1.165, 1.54) is 0 Å². The Morgan fingerprint density at radius 2 is 2.11 bits per heavy atom. The van der Waals surface area contributed by atoms with Crippen LogP contribution in [0.2, 0.25) is 0 Å². The number of phenolic OH excluding ortho intramolecular Hbond substituents is 1. The Hall–Kier alpha value is -1.22. The lowest BCUT2D eigenvalue weighted by atomic mass is 9.81. The molecule has 1 aromatic carbocycles. The van der Waals surface area contributed by atoms with Gasteiger partial charge in [0.1, 0.15) is 11.5 Å². The number of aryl methyl sites for hydroxylation is 1. The predicted octanol–water partition coefficient (Wildman–Crippen LogP) is 2.98. The van der Waals surface area contributed by atoms with Crippen molar-refractivity contribution in [3.05, 3.63) is 23.3 Å². The Morgan fingerprint density at radius 1 is 1.33 bits per heavy atom. The highest BCUT2D eigenvalue weighted by Gasteiger charge is 2.26. The molecule has 0 heterocycles. The third-order valence-electron chi connectivity index (χ3n) is 3.86. The van der Waals surface area contributed by atoms with Crippen molar-refractivity contribution in [2.45, 2.75) is 51.0 Å². The van der Waals surface area contributed by atoms with Crippen molar-refractivity contribution >= 4 is 0 Å². The highest BCUT2D eigenvalue weighted by Crippen LogP contribution is 2.43. The molecule has 1 fully saturated rings. The molecule has 0 aliphatic heterocycles. The van der Waals surface area contributed by atoms with Gasteiger partial charge in [-0.05, 0) is 49.3 Å². The summed E-state index contributed by atoms with van der Waals surface area (Å²) in [5, 5.41) is 20.0. The molecule has 0 saturated heterocycles. The highest BCUT2D eigenvalue weighted by atomic mass is 16.5. The Bertz CT molecular complexity index is 414. The molecular weight excluding hydrogens is 228 g/mol. The number of aliphatic hydroxyl groups is 1. The number of methoxy groups -OCH3 is 1. The van der Waals surface area contributed by atoms with Crippen LogP contribution >= 0.6 is 0 Å². The summed E-state index contributed by atoms with van der Waals surface area (Å²) in [5.41, 5.74) is 1.94. The lowest BCUT2D eigenvalue weighted by molar-refractivity contribution is 0.118. The van der Waals surface area contributed by atoms with Crippen molar-refractivity contribution in [2.24, 2.45) is 0 Å². The number of rotatable bonds is 3. The van der Waals surface area contributed by atoms with Gasteiger partial charge in [0, 0.05) is 5.56 Å². The van der Waals surface area contributed by atoms with Gasteiger partial charge in [-0.25, -0.2) is 0 Å². The van der Waals surface area contributed by atoms with Gasteiger partial charge in [0.2, 0.25) is 0 Å². The molecule has 18 heavy (non-hydrogen) atoms. The van der Waals surface area contributed by atoms with E-state index in [9.17, 15) is 10.2 Å². The molecule has 0 radical (unpaired) electrons. The molecule has 2 unspecified atom stereocenters. The molecule has 0 bridgehead atoms. The van der Waals surface area contributed by atoms with E-state index < -0.39 is 0 Å². The second kappa shape index (κ2) is 5.61. The fourth-order valence-electron chi connectivity index (χ4n) is 2.88. The van der Waals surface area contributed by atoms with E-state index in [2.05, 4.69) is 6.92 Å². The van der Waals surface area contributed by atoms with Crippen molar-refractivity contribution in [2.75, 3.05) is 7.11 Å². The molecule has 3 heteroatoms. The van der Waals surface area contributed by atoms with E-state index in [1.54, 1.807) is 7.11 Å². The molecule has 2 rings (SSSR count). The molecule has 100 valence electrons. The Labute approximate surface area is 108 Å². The maximum atomic E-state index is 10.2. The van der Waals surface area contributed by atoms with Crippen LogP contribution in [0.25, 0.3) is 0 Å². The summed E-state index contributed by atoms with van der Waals surface area (Å²) in [6.45, 7) is 2.05. The molecule has 0 amide bonds. The zero-order chi connectivity index (χ0) is 13.1. The molecule has 2 N–H and O–H groups in total. The van der Waals surface area contributed by atoms with Crippen molar-refractivity contribution in [1.29, 1.82) is 0 Å². The largest absolute Gasteiger partial charge is 0.508 e. The van der Waals surface area contributed by atoms with E-state index >= 15 is 0 Å². The molecule has 1 saturated carbocycles. The molecule has 3 nitrogen and oxygen atoms in total. The lowest BCUT2D eigenvalue weighted by Crippen LogP contribution is -2.18. The summed E-state index contributed by atoms with van der Waals surface area (Å²) in [6.07, 6.45) is 4.22. The van der Waals surface area contributed by atoms with Crippen LogP contribution in [0.1, 0.15) is 49.7 Å². The Morgan fingerprint density at radius 3 is 2.72 bits per heavy atom. The summed E-state index contributed by atoms with van der Waals surface area (Å²) >= 11 is 0. The molecule has 0 spiro atoms. The number of ether oxygens (including phenoxy) is 1. The van der Waals surface area contributed by atoms with Gasteiger partial charge >= 0.3 is 0 Å². The molecule has 1 aliphatic carbocycles. The zero-order valence-electron chi connectivity index (χ0n) is 11.1. The number of aliphatic hydroxyl groups excluding tert-OH is 1. The number of hydrogen-bond acceptors (Lipinski definition) is 3. The van der Waals surface area contributed by atoms with Crippen LogP contribution in [0.15, 0.2) is 12.1 Å². The summed E-state index contributed by atoms with van der Waals surface area (Å²) in [6, 6.07) is 3.81. The maximum absolute atomic E-state index is 10.2. The van der Waals surface area contributed by atoms with Crippen LogP contribution < -0.4 is 4.74 Å². The van der Waals surface area contributed by atoms with E-state index in [4.69, 9.17) is 4.74 Å². The fourth-order valence-corrected chi connectivity index (χ4v) is 2.88. The van der Waals surface area contributed by atoms with Gasteiger partial charge in [-0.3, -0.25) is 0 Å². The molecule has 2 atom stereocenters. The third-order valence-corrected chi connectivity index (χ3v) is 3.86. The van der Waals surface area contributed by atoms with Crippen molar-refractivity contribution < 1.29 is 14.9 Å². The number of phenols is 1. The van der Waals surface area contributed by atoms with E-state index in [-0.39, 0.29) is 12.0 Å². The second-order valence-electron chi connectivity index (χ2n) is 5.10. The van der Waals surface area contributed by atoms with Gasteiger partial charge in [0.05, 0.1) is 13.2 Å². The molecule has 1 aromatic rings. The fraction of sp³-hybridized carbons (Fsp3) is 0.600. The number of hydrogen-bond donors (Lipinski definition) is 2. The minimum absolute atomic E-state index is 0.203. The zero-order valence-corrected chi connectivity index (χ0v) is 11.1. The van der Waals surface area contributed by atoms with Crippen LogP contribution in [0.3, 0.4) is 0 Å². The van der Waals surface area contributed by atoms with Crippen LogP contribution in [-0.2, 0) is 6.42 Å². The van der Waals surface area contributed by atoms with Crippen molar-refractivity contribution in [3.63, 3.8) is 0 Å². The lowest BCUT2D eigenvalue weighted by Gasteiger charge is -2.28. The monoisotopic (exact) mass is 250 g/mol. The first kappa shape index (κ1) is 13.2. The first-order chi connectivity index (χ1) is 8.65. The maximum Gasteiger partial charge on any atom is 0.126 e. The topological polar surface area (TPSA) is 49.7 Å². The third kappa shape index (κ3) is 2.61. The summed E-state index contributed by atoms with van der Waals surface area (Å²) in [4.78, 5) is 0. The smallest absolute Gasteiger partial charge is 0.126 e. The molecule has 0 aromatic heterocycles. The minimum atomic E-state index is -0.251. The summed E-state index contributed by atoms with van der Waals surface area (Å²) < 4.78 is 5.42. The van der Waals surface area contributed by atoms with Crippen LogP contribution in [0, 0.1) is 0 Å². The normalized spacial score (nSPS) is 23.9. The van der Waals surface area contributed by atoms with E-state index in [1.807, 2.05) is 12.1 Å². The quantitative estimate of drug-likeness (QED) is 0.867.